The zero-order valence-electron chi connectivity index (χ0n) is 11.8. The van der Waals surface area contributed by atoms with Gasteiger partial charge in [0.1, 0.15) is 0 Å². The zero-order valence-corrected chi connectivity index (χ0v) is 12.6. The maximum absolute atomic E-state index is 11.6. The van der Waals surface area contributed by atoms with Crippen LogP contribution in [0.1, 0.15) is 35.1 Å². The first-order chi connectivity index (χ1) is 8.52. The van der Waals surface area contributed by atoms with Crippen LogP contribution in [-0.4, -0.2) is 25.5 Å². The van der Waals surface area contributed by atoms with Crippen molar-refractivity contribution >= 4 is 17.2 Å². The van der Waals surface area contributed by atoms with Crippen LogP contribution in [0.4, 0.5) is 0 Å². The molecule has 0 aromatic carbocycles. The average molecular weight is 268 g/mol. The van der Waals surface area contributed by atoms with E-state index in [-0.39, 0.29) is 5.91 Å². The van der Waals surface area contributed by atoms with E-state index in [4.69, 9.17) is 0 Å². The van der Waals surface area contributed by atoms with Gasteiger partial charge in [-0.2, -0.15) is 0 Å². The van der Waals surface area contributed by atoms with Gasteiger partial charge < -0.3 is 10.6 Å². The summed E-state index contributed by atoms with van der Waals surface area (Å²) >= 11 is 1.84. The number of hydrogen-bond acceptors (Lipinski definition) is 3. The molecule has 0 aliphatic heterocycles. The fraction of sp³-hybridized carbons (Fsp3) is 0.643. The predicted molar refractivity (Wildman–Crippen MR) is 78.3 cm³/mol. The number of thiophene rings is 1. The van der Waals surface area contributed by atoms with Gasteiger partial charge in [-0.3, -0.25) is 4.79 Å². The molecule has 0 saturated carbocycles. The first-order valence-electron chi connectivity index (χ1n) is 6.52. The highest BCUT2D eigenvalue weighted by atomic mass is 32.1. The van der Waals surface area contributed by atoms with Crippen LogP contribution in [0.5, 0.6) is 0 Å². The molecule has 4 heteroatoms. The van der Waals surface area contributed by atoms with Crippen LogP contribution in [0, 0.1) is 13.8 Å². The Bertz CT molecular complexity index is 387. The Labute approximate surface area is 114 Å². The zero-order chi connectivity index (χ0) is 13.5. The topological polar surface area (TPSA) is 41.1 Å². The van der Waals surface area contributed by atoms with E-state index in [2.05, 4.69) is 37.5 Å². The maximum Gasteiger partial charge on any atom is 0.220 e. The summed E-state index contributed by atoms with van der Waals surface area (Å²) in [4.78, 5) is 14.3. The number of hydrogen-bond donors (Lipinski definition) is 2. The summed E-state index contributed by atoms with van der Waals surface area (Å²) in [5.74, 6) is 0.154. The Morgan fingerprint density at radius 3 is 2.72 bits per heavy atom. The lowest BCUT2D eigenvalue weighted by Gasteiger charge is -2.11. The van der Waals surface area contributed by atoms with E-state index in [1.165, 1.54) is 15.3 Å². The smallest absolute Gasteiger partial charge is 0.220 e. The van der Waals surface area contributed by atoms with Crippen molar-refractivity contribution < 1.29 is 4.79 Å². The van der Waals surface area contributed by atoms with E-state index in [0.29, 0.717) is 19.0 Å². The largest absolute Gasteiger partial charge is 0.355 e. The van der Waals surface area contributed by atoms with Gasteiger partial charge in [0, 0.05) is 28.8 Å². The van der Waals surface area contributed by atoms with E-state index in [1.807, 2.05) is 18.4 Å². The van der Waals surface area contributed by atoms with Crippen LogP contribution >= 0.6 is 11.3 Å². The second-order valence-electron chi connectivity index (χ2n) is 4.79. The second kappa shape index (κ2) is 7.54. The molecule has 0 saturated heterocycles. The molecule has 1 heterocycles. The van der Waals surface area contributed by atoms with Crippen molar-refractivity contribution in [2.75, 3.05) is 13.6 Å². The quantitative estimate of drug-likeness (QED) is 0.797. The fourth-order valence-corrected chi connectivity index (χ4v) is 2.80. The summed E-state index contributed by atoms with van der Waals surface area (Å²) in [5, 5.41) is 6.04. The number of carbonyl (C=O) groups excluding carboxylic acids is 1. The van der Waals surface area contributed by atoms with Crippen molar-refractivity contribution in [1.29, 1.82) is 0 Å². The van der Waals surface area contributed by atoms with Crippen LogP contribution in [0.15, 0.2) is 6.07 Å². The Kier molecular flexibility index (Phi) is 6.36. The third-order valence-electron chi connectivity index (χ3n) is 3.09. The highest BCUT2D eigenvalue weighted by Gasteiger charge is 2.06. The number of nitrogens with one attached hydrogen (secondary N) is 2. The van der Waals surface area contributed by atoms with Crippen LogP contribution in [-0.2, 0) is 11.2 Å². The SMILES string of the molecule is CNC(C)CNC(=O)CCCc1cc(C)sc1C. The Morgan fingerprint density at radius 1 is 1.44 bits per heavy atom. The summed E-state index contributed by atoms with van der Waals surface area (Å²) in [6, 6.07) is 2.57. The molecular formula is C14H24N2OS. The minimum Gasteiger partial charge on any atom is -0.355 e. The minimum atomic E-state index is 0.154. The lowest BCUT2D eigenvalue weighted by atomic mass is 10.1. The summed E-state index contributed by atoms with van der Waals surface area (Å²) in [6.45, 7) is 7.04. The van der Waals surface area contributed by atoms with Gasteiger partial charge in [-0.15, -0.1) is 11.3 Å². The number of carbonyl (C=O) groups is 1. The number of amides is 1. The molecule has 0 radical (unpaired) electrons. The van der Waals surface area contributed by atoms with Gasteiger partial charge in [0.25, 0.3) is 0 Å². The monoisotopic (exact) mass is 268 g/mol. The van der Waals surface area contributed by atoms with Crippen molar-refractivity contribution in [2.45, 2.75) is 46.1 Å². The molecule has 1 unspecified atom stereocenters. The van der Waals surface area contributed by atoms with E-state index >= 15 is 0 Å². The van der Waals surface area contributed by atoms with Crippen LogP contribution < -0.4 is 10.6 Å². The van der Waals surface area contributed by atoms with E-state index in [0.717, 1.165) is 12.8 Å². The molecule has 1 amide bonds. The maximum atomic E-state index is 11.6. The highest BCUT2D eigenvalue weighted by Crippen LogP contribution is 2.22. The Balaban J connectivity index is 2.21. The molecule has 1 aromatic heterocycles. The summed E-state index contributed by atoms with van der Waals surface area (Å²) in [6.07, 6.45) is 2.55. The van der Waals surface area contributed by atoms with Crippen molar-refractivity contribution in [2.24, 2.45) is 0 Å². The molecule has 102 valence electrons. The normalized spacial score (nSPS) is 12.4. The molecular weight excluding hydrogens is 244 g/mol. The average Bonchev–Trinajstić information content (AvgIpc) is 2.65. The first-order valence-corrected chi connectivity index (χ1v) is 7.34. The lowest BCUT2D eigenvalue weighted by Crippen LogP contribution is -2.37. The van der Waals surface area contributed by atoms with Gasteiger partial charge in [-0.05, 0) is 52.3 Å². The second-order valence-corrected chi connectivity index (χ2v) is 6.25. The Hall–Kier alpha value is -0.870. The predicted octanol–water partition coefficient (Wildman–Crippen LogP) is 2.41. The molecule has 0 bridgehead atoms. The van der Waals surface area contributed by atoms with E-state index < -0.39 is 0 Å². The summed E-state index contributed by atoms with van der Waals surface area (Å²) in [5.41, 5.74) is 1.40. The molecule has 1 aromatic rings. The van der Waals surface area contributed by atoms with Crippen molar-refractivity contribution in [3.8, 4) is 0 Å². The molecule has 0 fully saturated rings. The summed E-state index contributed by atoms with van der Waals surface area (Å²) in [7, 11) is 1.90. The molecule has 3 nitrogen and oxygen atoms in total. The summed E-state index contributed by atoms with van der Waals surface area (Å²) < 4.78 is 0. The lowest BCUT2D eigenvalue weighted by molar-refractivity contribution is -0.121. The van der Waals surface area contributed by atoms with Gasteiger partial charge >= 0.3 is 0 Å². The molecule has 18 heavy (non-hydrogen) atoms. The first kappa shape index (κ1) is 15.2. The third kappa shape index (κ3) is 5.19. The van der Waals surface area contributed by atoms with Crippen LogP contribution in [0.3, 0.4) is 0 Å². The molecule has 1 atom stereocenters. The van der Waals surface area contributed by atoms with Gasteiger partial charge in [0.05, 0.1) is 0 Å². The van der Waals surface area contributed by atoms with Gasteiger partial charge in [0.15, 0.2) is 0 Å². The van der Waals surface area contributed by atoms with Crippen LogP contribution in [0.2, 0.25) is 0 Å². The number of rotatable bonds is 7. The van der Waals surface area contributed by atoms with Gasteiger partial charge in [0.2, 0.25) is 5.91 Å². The number of likely N-dealkylation sites (N-methyl/N-ethyl adjacent to an activating group) is 1. The number of aryl methyl sites for hydroxylation is 3. The van der Waals surface area contributed by atoms with E-state index in [9.17, 15) is 4.79 Å². The molecule has 0 spiro atoms. The van der Waals surface area contributed by atoms with E-state index in [1.54, 1.807) is 0 Å². The van der Waals surface area contributed by atoms with Crippen molar-refractivity contribution in [1.82, 2.24) is 10.6 Å². The minimum absolute atomic E-state index is 0.154. The fourth-order valence-electron chi connectivity index (χ4n) is 1.83. The van der Waals surface area contributed by atoms with Crippen molar-refractivity contribution in [3.63, 3.8) is 0 Å². The highest BCUT2D eigenvalue weighted by molar-refractivity contribution is 7.12. The Morgan fingerprint density at radius 2 is 2.17 bits per heavy atom. The van der Waals surface area contributed by atoms with Gasteiger partial charge in [-0.25, -0.2) is 0 Å². The molecule has 0 aliphatic rings. The standard InChI is InChI=1S/C14H24N2OS/c1-10(15-4)9-16-14(17)7-5-6-13-8-11(2)18-12(13)3/h8,10,15H,5-7,9H2,1-4H3,(H,16,17). The molecule has 2 N–H and O–H groups in total. The molecule has 0 aliphatic carbocycles. The third-order valence-corrected chi connectivity index (χ3v) is 4.10. The van der Waals surface area contributed by atoms with Crippen LogP contribution in [0.25, 0.3) is 0 Å². The van der Waals surface area contributed by atoms with Gasteiger partial charge in [-0.1, -0.05) is 0 Å². The molecule has 1 rings (SSSR count). The van der Waals surface area contributed by atoms with Crippen molar-refractivity contribution in [3.05, 3.63) is 21.4 Å².